The zero-order chi connectivity index (χ0) is 10.6. The summed E-state index contributed by atoms with van der Waals surface area (Å²) >= 11 is 3.34. The van der Waals surface area contributed by atoms with Crippen LogP contribution in [0.4, 0.5) is 0 Å². The van der Waals surface area contributed by atoms with E-state index in [9.17, 15) is 8.42 Å². The van der Waals surface area contributed by atoms with Crippen molar-refractivity contribution in [2.24, 2.45) is 0 Å². The molecule has 1 aliphatic heterocycles. The average Bonchev–Trinajstić information content (AvgIpc) is 2.47. The summed E-state index contributed by atoms with van der Waals surface area (Å²) in [5, 5.41) is 4.39. The molecule has 0 aromatic carbocycles. The van der Waals surface area contributed by atoms with Crippen LogP contribution in [0, 0.1) is 0 Å². The molecule has 1 aromatic rings. The highest BCUT2D eigenvalue weighted by Gasteiger charge is 2.34. The summed E-state index contributed by atoms with van der Waals surface area (Å²) in [7, 11) is -2.92. The fourth-order valence-electron chi connectivity index (χ4n) is 2.18. The molecular weight excluding hydrogens is 280 g/mol. The Morgan fingerprint density at radius 3 is 2.67 bits per heavy atom. The standard InChI is InChI=1S/C9H11BrN2O2S/c10-9-7-4-15(13,14)5-8(7)12(11-9)6-2-1-3-6/h6H,1-5H2. The van der Waals surface area contributed by atoms with Gasteiger partial charge in [-0.1, -0.05) is 0 Å². The van der Waals surface area contributed by atoms with Gasteiger partial charge in [0.15, 0.2) is 9.84 Å². The van der Waals surface area contributed by atoms with Gasteiger partial charge in [0, 0.05) is 5.56 Å². The van der Waals surface area contributed by atoms with Crippen LogP contribution >= 0.6 is 15.9 Å². The maximum atomic E-state index is 11.5. The average molecular weight is 291 g/mol. The topological polar surface area (TPSA) is 52.0 Å². The van der Waals surface area contributed by atoms with Gasteiger partial charge in [0.2, 0.25) is 0 Å². The summed E-state index contributed by atoms with van der Waals surface area (Å²) in [5.41, 5.74) is 1.79. The number of fused-ring (bicyclic) bond motifs is 1. The van der Waals surface area contributed by atoms with Crippen LogP contribution in [-0.4, -0.2) is 18.2 Å². The monoisotopic (exact) mass is 290 g/mol. The molecule has 2 aliphatic rings. The Balaban J connectivity index is 2.09. The molecule has 0 spiro atoms. The van der Waals surface area contributed by atoms with Crippen molar-refractivity contribution < 1.29 is 8.42 Å². The second-order valence-electron chi connectivity index (χ2n) is 4.28. The van der Waals surface area contributed by atoms with E-state index in [-0.39, 0.29) is 11.5 Å². The molecule has 15 heavy (non-hydrogen) atoms. The molecule has 82 valence electrons. The molecule has 1 saturated carbocycles. The van der Waals surface area contributed by atoms with Gasteiger partial charge in [-0.25, -0.2) is 8.42 Å². The van der Waals surface area contributed by atoms with Crippen molar-refractivity contribution in [3.8, 4) is 0 Å². The molecule has 0 atom stereocenters. The SMILES string of the molecule is O=S1(=O)Cc2c(Br)nn(C3CCC3)c2C1. The summed E-state index contributed by atoms with van der Waals surface area (Å²) in [4.78, 5) is 0. The first-order valence-electron chi connectivity index (χ1n) is 5.03. The summed E-state index contributed by atoms with van der Waals surface area (Å²) in [5.74, 6) is 0.313. The zero-order valence-electron chi connectivity index (χ0n) is 8.11. The minimum atomic E-state index is -2.92. The molecule has 1 aromatic heterocycles. The van der Waals surface area contributed by atoms with E-state index in [0.717, 1.165) is 24.1 Å². The first-order chi connectivity index (χ1) is 7.07. The summed E-state index contributed by atoms with van der Waals surface area (Å²) in [6, 6.07) is 0.429. The molecule has 0 amide bonds. The van der Waals surface area contributed by atoms with Gasteiger partial charge in [0.25, 0.3) is 0 Å². The highest BCUT2D eigenvalue weighted by Crippen LogP contribution is 2.38. The van der Waals surface area contributed by atoms with Crippen molar-refractivity contribution in [3.63, 3.8) is 0 Å². The quantitative estimate of drug-likeness (QED) is 0.792. The Morgan fingerprint density at radius 2 is 2.07 bits per heavy atom. The van der Waals surface area contributed by atoms with E-state index in [1.54, 1.807) is 0 Å². The van der Waals surface area contributed by atoms with Gasteiger partial charge >= 0.3 is 0 Å². The fraction of sp³-hybridized carbons (Fsp3) is 0.667. The molecule has 1 aliphatic carbocycles. The molecule has 0 saturated heterocycles. The minimum absolute atomic E-state index is 0.148. The molecule has 0 radical (unpaired) electrons. The Kier molecular flexibility index (Phi) is 2.01. The van der Waals surface area contributed by atoms with Crippen molar-refractivity contribution >= 4 is 25.8 Å². The van der Waals surface area contributed by atoms with E-state index in [0.29, 0.717) is 10.6 Å². The molecule has 0 unspecified atom stereocenters. The third kappa shape index (κ3) is 1.45. The number of rotatable bonds is 1. The van der Waals surface area contributed by atoms with E-state index < -0.39 is 9.84 Å². The van der Waals surface area contributed by atoms with Crippen LogP contribution in [-0.2, 0) is 21.3 Å². The minimum Gasteiger partial charge on any atom is -0.264 e. The van der Waals surface area contributed by atoms with Crippen LogP contribution in [0.25, 0.3) is 0 Å². The normalized spacial score (nSPS) is 23.8. The Bertz CT molecular complexity index is 516. The lowest BCUT2D eigenvalue weighted by molar-refractivity contribution is 0.283. The highest BCUT2D eigenvalue weighted by atomic mass is 79.9. The maximum absolute atomic E-state index is 11.5. The van der Waals surface area contributed by atoms with Gasteiger partial charge in [-0.05, 0) is 35.2 Å². The van der Waals surface area contributed by atoms with E-state index in [2.05, 4.69) is 21.0 Å². The van der Waals surface area contributed by atoms with Crippen LogP contribution in [0.3, 0.4) is 0 Å². The van der Waals surface area contributed by atoms with E-state index in [4.69, 9.17) is 0 Å². The number of hydrogen-bond acceptors (Lipinski definition) is 3. The zero-order valence-corrected chi connectivity index (χ0v) is 10.5. The fourth-order valence-corrected chi connectivity index (χ4v) is 4.48. The van der Waals surface area contributed by atoms with Crippen LogP contribution in [0.1, 0.15) is 36.6 Å². The summed E-state index contributed by atoms with van der Waals surface area (Å²) in [6.45, 7) is 0. The third-order valence-electron chi connectivity index (χ3n) is 3.21. The molecule has 0 bridgehead atoms. The molecule has 6 heteroatoms. The molecular formula is C9H11BrN2O2S. The van der Waals surface area contributed by atoms with Crippen molar-refractivity contribution in [2.75, 3.05) is 0 Å². The van der Waals surface area contributed by atoms with Crippen molar-refractivity contribution in [3.05, 3.63) is 15.9 Å². The van der Waals surface area contributed by atoms with Crippen molar-refractivity contribution in [1.82, 2.24) is 9.78 Å². The number of halogens is 1. The van der Waals surface area contributed by atoms with Crippen LogP contribution < -0.4 is 0 Å². The van der Waals surface area contributed by atoms with Crippen LogP contribution in [0.2, 0.25) is 0 Å². The summed E-state index contributed by atoms with van der Waals surface area (Å²) < 4.78 is 25.7. The molecule has 3 rings (SSSR count). The second-order valence-corrected chi connectivity index (χ2v) is 7.09. The van der Waals surface area contributed by atoms with Crippen molar-refractivity contribution in [1.29, 1.82) is 0 Å². The Labute approximate surface area is 96.7 Å². The van der Waals surface area contributed by atoms with E-state index >= 15 is 0 Å². The lowest BCUT2D eigenvalue weighted by atomic mass is 9.93. The second kappa shape index (κ2) is 3.07. The van der Waals surface area contributed by atoms with Gasteiger partial charge in [-0.3, -0.25) is 4.68 Å². The first kappa shape index (κ1) is 9.84. The van der Waals surface area contributed by atoms with E-state index in [1.807, 2.05) is 4.68 Å². The van der Waals surface area contributed by atoms with Gasteiger partial charge < -0.3 is 0 Å². The van der Waals surface area contributed by atoms with Gasteiger partial charge in [0.05, 0.1) is 23.2 Å². The van der Waals surface area contributed by atoms with E-state index in [1.165, 1.54) is 6.42 Å². The maximum Gasteiger partial charge on any atom is 0.160 e. The van der Waals surface area contributed by atoms with Crippen LogP contribution in [0.15, 0.2) is 4.60 Å². The largest absolute Gasteiger partial charge is 0.264 e. The molecule has 1 fully saturated rings. The number of aromatic nitrogens is 2. The smallest absolute Gasteiger partial charge is 0.160 e. The van der Waals surface area contributed by atoms with Gasteiger partial charge in [-0.15, -0.1) is 0 Å². The van der Waals surface area contributed by atoms with Crippen LogP contribution in [0.5, 0.6) is 0 Å². The number of hydrogen-bond donors (Lipinski definition) is 0. The molecule has 0 N–H and O–H groups in total. The lowest BCUT2D eigenvalue weighted by Crippen LogP contribution is -2.20. The van der Waals surface area contributed by atoms with Gasteiger partial charge in [0.1, 0.15) is 4.60 Å². The molecule has 4 nitrogen and oxygen atoms in total. The first-order valence-corrected chi connectivity index (χ1v) is 7.64. The summed E-state index contributed by atoms with van der Waals surface area (Å²) in [6.07, 6.45) is 3.48. The predicted octanol–water partition coefficient (Wildman–Crippen LogP) is 1.80. The highest BCUT2D eigenvalue weighted by molar-refractivity contribution is 9.10. The third-order valence-corrected chi connectivity index (χ3v) is 5.29. The van der Waals surface area contributed by atoms with Gasteiger partial charge in [-0.2, -0.15) is 5.10 Å². The lowest BCUT2D eigenvalue weighted by Gasteiger charge is -2.27. The Morgan fingerprint density at radius 1 is 1.33 bits per heavy atom. The van der Waals surface area contributed by atoms with Crippen molar-refractivity contribution in [2.45, 2.75) is 36.8 Å². The Hall–Kier alpha value is -0.360. The number of nitrogens with zero attached hydrogens (tertiary/aromatic N) is 2. The predicted molar refractivity (Wildman–Crippen MR) is 59.1 cm³/mol. The molecule has 2 heterocycles. The number of sulfone groups is 1.